The molecule has 0 aliphatic carbocycles. The van der Waals surface area contributed by atoms with Crippen LogP contribution in [0.1, 0.15) is 42.9 Å². The van der Waals surface area contributed by atoms with Gasteiger partial charge >= 0.3 is 0 Å². The van der Waals surface area contributed by atoms with Crippen LogP contribution in [0.25, 0.3) is 22.0 Å². The Labute approximate surface area is 181 Å². The summed E-state index contributed by atoms with van der Waals surface area (Å²) in [4.78, 5) is 4.60. The Bertz CT molecular complexity index is 1250. The zero-order valence-electron chi connectivity index (χ0n) is 17.5. The second-order valence-corrected chi connectivity index (χ2v) is 7.66. The highest BCUT2D eigenvalue weighted by Gasteiger charge is 2.04. The van der Waals surface area contributed by atoms with Gasteiger partial charge in [0.2, 0.25) is 0 Å². The first kappa shape index (κ1) is 20.8. The molecule has 0 atom stereocenters. The van der Waals surface area contributed by atoms with E-state index in [1.807, 2.05) is 36.5 Å². The molecule has 31 heavy (non-hydrogen) atoms. The van der Waals surface area contributed by atoms with Crippen LogP contribution in [-0.4, -0.2) is 4.98 Å². The van der Waals surface area contributed by atoms with E-state index >= 15 is 0 Å². The minimum Gasteiger partial charge on any atom is -0.256 e. The number of nitrogens with zero attached hydrogens (tertiary/aromatic N) is 1. The predicted octanol–water partition coefficient (Wildman–Crippen LogP) is 7.31. The lowest BCUT2D eigenvalue weighted by atomic mass is 10.0. The Morgan fingerprint density at radius 2 is 1.45 bits per heavy atom. The summed E-state index contributed by atoms with van der Waals surface area (Å²) in [7, 11) is 0. The third-order valence-electron chi connectivity index (χ3n) is 5.30. The number of rotatable bonds is 5. The van der Waals surface area contributed by atoms with Gasteiger partial charge in [-0.05, 0) is 71.6 Å². The molecule has 1 nitrogen and oxygen atoms in total. The molecule has 0 unspecified atom stereocenters. The molecular weight excluding hydrogens is 388 g/mol. The van der Waals surface area contributed by atoms with Crippen molar-refractivity contribution in [1.82, 2.24) is 4.98 Å². The quantitative estimate of drug-likeness (QED) is 0.248. The molecule has 0 bridgehead atoms. The topological polar surface area (TPSA) is 12.9 Å². The van der Waals surface area contributed by atoms with Crippen LogP contribution in [-0.2, 0) is 6.42 Å². The fourth-order valence-corrected chi connectivity index (χ4v) is 3.51. The number of unbranched alkanes of at least 4 members (excludes halogenated alkanes) is 2. The Hall–Kier alpha value is -3.51. The largest absolute Gasteiger partial charge is 0.256 e. The number of halogens is 2. The van der Waals surface area contributed by atoms with Crippen LogP contribution < -0.4 is 0 Å². The van der Waals surface area contributed by atoms with Crippen LogP contribution >= 0.6 is 0 Å². The molecule has 0 N–H and O–H groups in total. The molecule has 0 radical (unpaired) electrons. The summed E-state index contributed by atoms with van der Waals surface area (Å²) in [6.45, 7) is 2.21. The second-order valence-electron chi connectivity index (χ2n) is 7.66. The van der Waals surface area contributed by atoms with Gasteiger partial charge in [0.1, 0.15) is 0 Å². The highest BCUT2D eigenvalue weighted by molar-refractivity contribution is 5.84. The van der Waals surface area contributed by atoms with Crippen LogP contribution in [0.2, 0.25) is 0 Å². The molecule has 0 aliphatic rings. The lowest BCUT2D eigenvalue weighted by Crippen LogP contribution is -1.89. The second kappa shape index (κ2) is 9.53. The molecule has 154 valence electrons. The Morgan fingerprint density at radius 3 is 2.16 bits per heavy atom. The first-order chi connectivity index (χ1) is 15.1. The molecule has 0 spiro atoms. The van der Waals surface area contributed by atoms with Gasteiger partial charge in [0, 0.05) is 22.9 Å². The summed E-state index contributed by atoms with van der Waals surface area (Å²) in [5.74, 6) is 4.53. The van der Waals surface area contributed by atoms with Crippen LogP contribution in [0.5, 0.6) is 0 Å². The SMILES string of the molecule is CCCCCc1ccc(-c2ccc(C#Cc3ccc4cc(F)c(F)cc4c3)cc2)nc1. The van der Waals surface area contributed by atoms with Crippen molar-refractivity contribution in [2.24, 2.45) is 0 Å². The van der Waals surface area contributed by atoms with Crippen molar-refractivity contribution < 1.29 is 8.78 Å². The Kier molecular flexibility index (Phi) is 6.38. The number of aryl methyl sites for hydroxylation is 1. The van der Waals surface area contributed by atoms with E-state index in [9.17, 15) is 8.78 Å². The van der Waals surface area contributed by atoms with E-state index < -0.39 is 11.6 Å². The molecule has 4 rings (SSSR count). The van der Waals surface area contributed by atoms with Crippen LogP contribution in [0.3, 0.4) is 0 Å². The van der Waals surface area contributed by atoms with Crippen molar-refractivity contribution in [3.8, 4) is 23.1 Å². The number of fused-ring (bicyclic) bond motifs is 1. The van der Waals surface area contributed by atoms with Gasteiger partial charge in [-0.1, -0.05) is 55.9 Å². The minimum absolute atomic E-state index is 0.630. The fourth-order valence-electron chi connectivity index (χ4n) is 3.51. The van der Waals surface area contributed by atoms with E-state index in [4.69, 9.17) is 0 Å². The molecule has 4 aromatic rings. The van der Waals surface area contributed by atoms with Crippen molar-refractivity contribution in [3.63, 3.8) is 0 Å². The van der Waals surface area contributed by atoms with E-state index in [0.29, 0.717) is 10.8 Å². The molecule has 1 aromatic heterocycles. The fraction of sp³-hybridized carbons (Fsp3) is 0.179. The van der Waals surface area contributed by atoms with E-state index in [1.165, 1.54) is 37.0 Å². The number of aromatic nitrogens is 1. The van der Waals surface area contributed by atoms with Gasteiger partial charge in [-0.2, -0.15) is 0 Å². The summed E-state index contributed by atoms with van der Waals surface area (Å²) >= 11 is 0. The third kappa shape index (κ3) is 5.16. The zero-order valence-corrected chi connectivity index (χ0v) is 17.5. The maximum absolute atomic E-state index is 13.5. The van der Waals surface area contributed by atoms with Gasteiger partial charge in [0.25, 0.3) is 0 Å². The summed E-state index contributed by atoms with van der Waals surface area (Å²) in [5.41, 5.74) is 4.90. The summed E-state index contributed by atoms with van der Waals surface area (Å²) < 4.78 is 26.8. The van der Waals surface area contributed by atoms with E-state index in [1.54, 1.807) is 12.1 Å². The molecular formula is C28H23F2N. The van der Waals surface area contributed by atoms with Crippen LogP contribution in [0, 0.1) is 23.5 Å². The molecule has 1 heterocycles. The van der Waals surface area contributed by atoms with Gasteiger partial charge in [-0.3, -0.25) is 4.98 Å². The highest BCUT2D eigenvalue weighted by Crippen LogP contribution is 2.21. The van der Waals surface area contributed by atoms with E-state index in [0.717, 1.165) is 28.8 Å². The van der Waals surface area contributed by atoms with E-state index in [2.05, 4.69) is 35.9 Å². The van der Waals surface area contributed by atoms with E-state index in [-0.39, 0.29) is 0 Å². The zero-order chi connectivity index (χ0) is 21.6. The average molecular weight is 411 g/mol. The molecule has 0 saturated carbocycles. The van der Waals surface area contributed by atoms with Crippen molar-refractivity contribution >= 4 is 10.8 Å². The minimum atomic E-state index is -0.851. The van der Waals surface area contributed by atoms with Crippen molar-refractivity contribution in [3.05, 3.63) is 101 Å². The average Bonchev–Trinajstić information content (AvgIpc) is 2.79. The molecule has 0 saturated heterocycles. The number of hydrogen-bond donors (Lipinski definition) is 0. The Morgan fingerprint density at radius 1 is 0.742 bits per heavy atom. The number of hydrogen-bond acceptors (Lipinski definition) is 1. The highest BCUT2D eigenvalue weighted by atomic mass is 19.2. The molecule has 0 aliphatic heterocycles. The van der Waals surface area contributed by atoms with Crippen LogP contribution in [0.4, 0.5) is 8.78 Å². The lowest BCUT2D eigenvalue weighted by molar-refractivity contribution is 0.511. The summed E-state index contributed by atoms with van der Waals surface area (Å²) in [6, 6.07) is 19.9. The normalized spacial score (nSPS) is 10.7. The first-order valence-corrected chi connectivity index (χ1v) is 10.6. The molecule has 0 amide bonds. The third-order valence-corrected chi connectivity index (χ3v) is 5.30. The number of pyridine rings is 1. The lowest BCUT2D eigenvalue weighted by Gasteiger charge is -2.04. The summed E-state index contributed by atoms with van der Waals surface area (Å²) in [6.07, 6.45) is 6.71. The van der Waals surface area contributed by atoms with Crippen molar-refractivity contribution in [2.45, 2.75) is 32.6 Å². The molecule has 3 aromatic carbocycles. The first-order valence-electron chi connectivity index (χ1n) is 10.6. The Balaban J connectivity index is 1.47. The van der Waals surface area contributed by atoms with Crippen molar-refractivity contribution in [2.75, 3.05) is 0 Å². The van der Waals surface area contributed by atoms with Gasteiger partial charge in [-0.25, -0.2) is 8.78 Å². The van der Waals surface area contributed by atoms with Gasteiger partial charge < -0.3 is 0 Å². The maximum Gasteiger partial charge on any atom is 0.159 e. The maximum atomic E-state index is 13.5. The van der Waals surface area contributed by atoms with Gasteiger partial charge in [0.05, 0.1) is 5.69 Å². The monoisotopic (exact) mass is 411 g/mol. The van der Waals surface area contributed by atoms with Gasteiger partial charge in [0.15, 0.2) is 11.6 Å². The van der Waals surface area contributed by atoms with Gasteiger partial charge in [-0.15, -0.1) is 0 Å². The van der Waals surface area contributed by atoms with Crippen molar-refractivity contribution in [1.29, 1.82) is 0 Å². The number of benzene rings is 3. The molecule has 0 fully saturated rings. The predicted molar refractivity (Wildman–Crippen MR) is 123 cm³/mol. The summed E-state index contributed by atoms with van der Waals surface area (Å²) in [5, 5.41) is 1.28. The standard InChI is InChI=1S/C28H23F2N/c1-2-3-4-5-22-11-15-28(31-19-22)23-12-8-20(9-13-23)6-7-21-10-14-24-17-26(29)27(30)18-25(24)16-21/h8-19H,2-5H2,1H3. The molecule has 3 heteroatoms. The van der Waals surface area contributed by atoms with Crippen LogP contribution in [0.15, 0.2) is 72.9 Å². The smallest absolute Gasteiger partial charge is 0.159 e.